The highest BCUT2D eigenvalue weighted by atomic mass is 19.1. The standard InChI is InChI=1S/C29H25F2N3O/c30-23-13-19(14-24(31)15-23)16-33-17-25-10-11-26(18-33)34(25)29(35)22-8-6-20(7-9-22)27-5-1-3-21-4-2-12-32-28(21)27/h1-9,12-15,25-26H,10-11,16-18H2. The molecular formula is C29H25F2N3O. The summed E-state index contributed by atoms with van der Waals surface area (Å²) in [5, 5.41) is 1.08. The van der Waals surface area contributed by atoms with Gasteiger partial charge < -0.3 is 4.90 Å². The van der Waals surface area contributed by atoms with Crippen molar-refractivity contribution in [3.63, 3.8) is 0 Å². The normalized spacial score (nSPS) is 19.9. The van der Waals surface area contributed by atoms with Crippen LogP contribution in [0, 0.1) is 11.6 Å². The molecule has 4 aromatic rings. The molecule has 3 heterocycles. The molecule has 1 aromatic heterocycles. The van der Waals surface area contributed by atoms with Crippen LogP contribution in [-0.4, -0.2) is 45.9 Å². The number of benzene rings is 3. The van der Waals surface area contributed by atoms with Gasteiger partial charge in [-0.05, 0) is 54.3 Å². The minimum absolute atomic E-state index is 0.0524. The molecule has 2 saturated heterocycles. The largest absolute Gasteiger partial charge is 0.330 e. The summed E-state index contributed by atoms with van der Waals surface area (Å²) in [7, 11) is 0. The second kappa shape index (κ2) is 8.86. The van der Waals surface area contributed by atoms with Gasteiger partial charge in [0.15, 0.2) is 0 Å². The summed E-state index contributed by atoms with van der Waals surface area (Å²) < 4.78 is 27.2. The van der Waals surface area contributed by atoms with Gasteiger partial charge in [-0.2, -0.15) is 0 Å². The summed E-state index contributed by atoms with van der Waals surface area (Å²) in [5.74, 6) is -1.06. The van der Waals surface area contributed by atoms with Crippen molar-refractivity contribution >= 4 is 16.8 Å². The number of pyridine rings is 1. The molecule has 6 rings (SSSR count). The van der Waals surface area contributed by atoms with Gasteiger partial charge in [-0.1, -0.05) is 36.4 Å². The Morgan fingerprint density at radius 1 is 0.886 bits per heavy atom. The van der Waals surface area contributed by atoms with Crippen molar-refractivity contribution < 1.29 is 13.6 Å². The molecule has 0 N–H and O–H groups in total. The highest BCUT2D eigenvalue weighted by molar-refractivity contribution is 5.97. The van der Waals surface area contributed by atoms with Crippen LogP contribution >= 0.6 is 0 Å². The molecule has 176 valence electrons. The fraction of sp³-hybridized carbons (Fsp3) is 0.241. The highest BCUT2D eigenvalue weighted by Gasteiger charge is 2.42. The molecule has 2 atom stereocenters. The van der Waals surface area contributed by atoms with Crippen LogP contribution in [0.4, 0.5) is 8.78 Å². The van der Waals surface area contributed by atoms with Gasteiger partial charge in [-0.25, -0.2) is 8.78 Å². The Morgan fingerprint density at radius 2 is 1.57 bits per heavy atom. The molecular weight excluding hydrogens is 444 g/mol. The Hall–Kier alpha value is -3.64. The number of hydrogen-bond donors (Lipinski definition) is 0. The first-order chi connectivity index (χ1) is 17.0. The predicted octanol–water partition coefficient (Wildman–Crippen LogP) is 5.67. The van der Waals surface area contributed by atoms with Gasteiger partial charge in [0.05, 0.1) is 5.52 Å². The molecule has 1 amide bonds. The molecule has 0 saturated carbocycles. The van der Waals surface area contributed by atoms with Gasteiger partial charge in [-0.3, -0.25) is 14.7 Å². The van der Waals surface area contributed by atoms with E-state index in [9.17, 15) is 13.6 Å². The number of carbonyl (C=O) groups excluding carboxylic acids is 1. The first-order valence-electron chi connectivity index (χ1n) is 12.0. The molecule has 0 aliphatic carbocycles. The SMILES string of the molecule is O=C(c1ccc(-c2cccc3cccnc23)cc1)N1C2CCC1CN(Cc1cc(F)cc(F)c1)C2. The number of carbonyl (C=O) groups is 1. The van der Waals surface area contributed by atoms with Crippen LogP contribution in [0.1, 0.15) is 28.8 Å². The Bertz CT molecular complexity index is 1370. The van der Waals surface area contributed by atoms with Gasteiger partial charge in [0.2, 0.25) is 0 Å². The van der Waals surface area contributed by atoms with Crippen LogP contribution in [0.5, 0.6) is 0 Å². The number of rotatable bonds is 4. The number of hydrogen-bond acceptors (Lipinski definition) is 3. The lowest BCUT2D eigenvalue weighted by atomic mass is 10.00. The molecule has 2 bridgehead atoms. The van der Waals surface area contributed by atoms with E-state index in [4.69, 9.17) is 0 Å². The minimum Gasteiger partial charge on any atom is -0.330 e. The van der Waals surface area contributed by atoms with E-state index in [2.05, 4.69) is 16.0 Å². The van der Waals surface area contributed by atoms with Gasteiger partial charge >= 0.3 is 0 Å². The van der Waals surface area contributed by atoms with E-state index in [0.29, 0.717) is 30.8 Å². The summed E-state index contributed by atoms with van der Waals surface area (Å²) in [6.07, 6.45) is 3.69. The van der Waals surface area contributed by atoms with E-state index in [1.54, 1.807) is 6.20 Å². The number of amides is 1. The number of piperazine rings is 1. The summed E-state index contributed by atoms with van der Waals surface area (Å²) in [6, 6.07) is 21.8. The van der Waals surface area contributed by atoms with Crippen LogP contribution in [0.2, 0.25) is 0 Å². The number of fused-ring (bicyclic) bond motifs is 3. The molecule has 2 aliphatic rings. The van der Waals surface area contributed by atoms with Crippen molar-refractivity contribution in [1.82, 2.24) is 14.8 Å². The van der Waals surface area contributed by atoms with E-state index >= 15 is 0 Å². The average molecular weight is 470 g/mol. The van der Waals surface area contributed by atoms with Crippen molar-refractivity contribution in [3.8, 4) is 11.1 Å². The molecule has 2 fully saturated rings. The lowest BCUT2D eigenvalue weighted by molar-refractivity contribution is 0.0405. The first-order valence-corrected chi connectivity index (χ1v) is 12.0. The van der Waals surface area contributed by atoms with Gasteiger partial charge in [0.1, 0.15) is 11.6 Å². The maximum atomic E-state index is 13.6. The lowest BCUT2D eigenvalue weighted by Crippen LogP contribution is -2.55. The Morgan fingerprint density at radius 3 is 2.29 bits per heavy atom. The molecule has 6 heteroatoms. The monoisotopic (exact) mass is 469 g/mol. The summed E-state index contributed by atoms with van der Waals surface area (Å²) in [5.41, 5.74) is 4.33. The summed E-state index contributed by atoms with van der Waals surface area (Å²) >= 11 is 0. The van der Waals surface area contributed by atoms with Gasteiger partial charge in [0, 0.05) is 60.5 Å². The number of nitrogens with zero attached hydrogens (tertiary/aromatic N) is 3. The second-order valence-corrected chi connectivity index (χ2v) is 9.53. The number of para-hydroxylation sites is 1. The first kappa shape index (κ1) is 21.9. The molecule has 4 nitrogen and oxygen atoms in total. The van der Waals surface area contributed by atoms with Crippen molar-refractivity contribution in [1.29, 1.82) is 0 Å². The number of likely N-dealkylation sites (tertiary alicyclic amines) is 1. The van der Waals surface area contributed by atoms with Crippen molar-refractivity contribution in [2.24, 2.45) is 0 Å². The molecule has 3 aromatic carbocycles. The van der Waals surface area contributed by atoms with Crippen LogP contribution in [-0.2, 0) is 6.54 Å². The third-order valence-electron chi connectivity index (χ3n) is 7.20. The van der Waals surface area contributed by atoms with Gasteiger partial charge in [-0.15, -0.1) is 0 Å². The zero-order valence-corrected chi connectivity index (χ0v) is 19.2. The van der Waals surface area contributed by atoms with Crippen LogP contribution in [0.25, 0.3) is 22.0 Å². The van der Waals surface area contributed by atoms with Crippen molar-refractivity contribution in [2.45, 2.75) is 31.5 Å². The van der Waals surface area contributed by atoms with Crippen molar-refractivity contribution in [3.05, 3.63) is 102 Å². The Balaban J connectivity index is 1.18. The van der Waals surface area contributed by atoms with E-state index in [1.807, 2.05) is 53.4 Å². The number of aromatic nitrogens is 1. The Labute approximate surface area is 202 Å². The zero-order valence-electron chi connectivity index (χ0n) is 19.2. The third kappa shape index (κ3) is 4.19. The maximum absolute atomic E-state index is 13.6. The van der Waals surface area contributed by atoms with E-state index in [-0.39, 0.29) is 18.0 Å². The average Bonchev–Trinajstić information content (AvgIpc) is 3.13. The van der Waals surface area contributed by atoms with Crippen LogP contribution in [0.3, 0.4) is 0 Å². The fourth-order valence-electron chi connectivity index (χ4n) is 5.69. The van der Waals surface area contributed by atoms with E-state index in [0.717, 1.165) is 40.9 Å². The maximum Gasteiger partial charge on any atom is 0.254 e. The van der Waals surface area contributed by atoms with Gasteiger partial charge in [0.25, 0.3) is 5.91 Å². The fourth-order valence-corrected chi connectivity index (χ4v) is 5.69. The van der Waals surface area contributed by atoms with E-state index < -0.39 is 11.6 Å². The van der Waals surface area contributed by atoms with Crippen LogP contribution in [0.15, 0.2) is 79.0 Å². The summed E-state index contributed by atoms with van der Waals surface area (Å²) in [6.45, 7) is 1.90. The number of halogens is 2. The van der Waals surface area contributed by atoms with Crippen molar-refractivity contribution in [2.75, 3.05) is 13.1 Å². The topological polar surface area (TPSA) is 36.4 Å². The minimum atomic E-state index is -0.556. The predicted molar refractivity (Wildman–Crippen MR) is 132 cm³/mol. The van der Waals surface area contributed by atoms with Crippen LogP contribution < -0.4 is 0 Å². The quantitative estimate of drug-likeness (QED) is 0.387. The Kier molecular flexibility index (Phi) is 5.53. The second-order valence-electron chi connectivity index (χ2n) is 9.53. The summed E-state index contributed by atoms with van der Waals surface area (Å²) in [4.78, 5) is 22.2. The zero-order chi connectivity index (χ0) is 23.9. The lowest BCUT2D eigenvalue weighted by Gasteiger charge is -2.41. The third-order valence-corrected chi connectivity index (χ3v) is 7.20. The molecule has 0 radical (unpaired) electrons. The highest BCUT2D eigenvalue weighted by Crippen LogP contribution is 2.33. The molecule has 2 unspecified atom stereocenters. The molecule has 35 heavy (non-hydrogen) atoms. The smallest absolute Gasteiger partial charge is 0.254 e. The molecule has 2 aliphatic heterocycles. The van der Waals surface area contributed by atoms with E-state index in [1.165, 1.54) is 12.1 Å². The molecule has 0 spiro atoms.